The highest BCUT2D eigenvalue weighted by molar-refractivity contribution is 5.79. The number of amides is 1. The third-order valence-electron chi connectivity index (χ3n) is 2.84. The second-order valence-electron chi connectivity index (χ2n) is 3.76. The Bertz CT molecular complexity index is 189. The van der Waals surface area contributed by atoms with Crippen molar-refractivity contribution in [2.24, 2.45) is 0 Å². The third-order valence-corrected chi connectivity index (χ3v) is 2.84. The molecule has 0 spiro atoms. The van der Waals surface area contributed by atoms with E-state index < -0.39 is 0 Å². The Morgan fingerprint density at radius 1 is 1.31 bits per heavy atom. The molecular formula is C9H17N3O. The SMILES string of the molecule is O=C1CNCCN1C1CCCNC1. The van der Waals surface area contributed by atoms with Crippen LogP contribution in [0.2, 0.25) is 0 Å². The molecule has 1 amide bonds. The molecule has 4 heteroatoms. The van der Waals surface area contributed by atoms with E-state index in [4.69, 9.17) is 0 Å². The van der Waals surface area contributed by atoms with Crippen LogP contribution in [0.3, 0.4) is 0 Å². The fourth-order valence-electron chi connectivity index (χ4n) is 2.11. The molecule has 1 atom stereocenters. The minimum atomic E-state index is 0.264. The van der Waals surface area contributed by atoms with Gasteiger partial charge in [0.15, 0.2) is 0 Å². The molecule has 2 aliphatic heterocycles. The summed E-state index contributed by atoms with van der Waals surface area (Å²) in [5.74, 6) is 0.264. The number of piperidine rings is 1. The van der Waals surface area contributed by atoms with E-state index in [-0.39, 0.29) is 5.91 Å². The lowest BCUT2D eigenvalue weighted by Crippen LogP contribution is -2.56. The van der Waals surface area contributed by atoms with E-state index in [9.17, 15) is 4.79 Å². The summed E-state index contributed by atoms with van der Waals surface area (Å²) in [5.41, 5.74) is 0. The first-order chi connectivity index (χ1) is 6.38. The number of piperazine rings is 1. The summed E-state index contributed by atoms with van der Waals surface area (Å²) < 4.78 is 0. The van der Waals surface area contributed by atoms with Crippen molar-refractivity contribution in [3.63, 3.8) is 0 Å². The molecular weight excluding hydrogens is 166 g/mol. The monoisotopic (exact) mass is 183 g/mol. The van der Waals surface area contributed by atoms with Crippen molar-refractivity contribution >= 4 is 5.91 Å². The van der Waals surface area contributed by atoms with Crippen molar-refractivity contribution in [3.05, 3.63) is 0 Å². The molecule has 1 unspecified atom stereocenters. The van der Waals surface area contributed by atoms with Crippen molar-refractivity contribution < 1.29 is 4.79 Å². The average Bonchev–Trinajstić information content (AvgIpc) is 2.20. The van der Waals surface area contributed by atoms with Crippen molar-refractivity contribution in [1.29, 1.82) is 0 Å². The molecule has 4 nitrogen and oxygen atoms in total. The van der Waals surface area contributed by atoms with Crippen LogP contribution in [0, 0.1) is 0 Å². The smallest absolute Gasteiger partial charge is 0.236 e. The number of carbonyl (C=O) groups excluding carboxylic acids is 1. The number of hydrogen-bond donors (Lipinski definition) is 2. The Morgan fingerprint density at radius 3 is 2.92 bits per heavy atom. The first-order valence-corrected chi connectivity index (χ1v) is 5.09. The first-order valence-electron chi connectivity index (χ1n) is 5.09. The van der Waals surface area contributed by atoms with E-state index in [0.29, 0.717) is 12.6 Å². The number of carbonyl (C=O) groups is 1. The molecule has 0 aromatic rings. The molecule has 2 fully saturated rings. The molecule has 0 aromatic carbocycles. The molecule has 0 radical (unpaired) electrons. The molecule has 2 heterocycles. The molecule has 74 valence electrons. The highest BCUT2D eigenvalue weighted by Crippen LogP contribution is 2.11. The van der Waals surface area contributed by atoms with E-state index in [1.54, 1.807) is 0 Å². The topological polar surface area (TPSA) is 44.4 Å². The number of rotatable bonds is 1. The van der Waals surface area contributed by atoms with Crippen molar-refractivity contribution in [2.75, 3.05) is 32.7 Å². The van der Waals surface area contributed by atoms with E-state index in [0.717, 1.165) is 26.2 Å². The summed E-state index contributed by atoms with van der Waals surface area (Å²) in [6.07, 6.45) is 2.36. The van der Waals surface area contributed by atoms with E-state index in [1.165, 1.54) is 12.8 Å². The van der Waals surface area contributed by atoms with Gasteiger partial charge in [-0.25, -0.2) is 0 Å². The van der Waals surface area contributed by atoms with Crippen LogP contribution in [0.15, 0.2) is 0 Å². The Morgan fingerprint density at radius 2 is 2.23 bits per heavy atom. The largest absolute Gasteiger partial charge is 0.336 e. The molecule has 0 aromatic heterocycles. The van der Waals surface area contributed by atoms with Gasteiger partial charge in [-0.2, -0.15) is 0 Å². The van der Waals surface area contributed by atoms with Gasteiger partial charge in [-0.3, -0.25) is 4.79 Å². The zero-order valence-corrected chi connectivity index (χ0v) is 7.88. The van der Waals surface area contributed by atoms with Crippen LogP contribution in [-0.4, -0.2) is 49.6 Å². The van der Waals surface area contributed by atoms with Crippen LogP contribution in [0.5, 0.6) is 0 Å². The maximum absolute atomic E-state index is 11.5. The minimum Gasteiger partial charge on any atom is -0.336 e. The Labute approximate surface area is 78.7 Å². The van der Waals surface area contributed by atoms with E-state index in [1.807, 2.05) is 4.90 Å². The van der Waals surface area contributed by atoms with Crippen molar-refractivity contribution in [3.8, 4) is 0 Å². The van der Waals surface area contributed by atoms with Gasteiger partial charge in [-0.05, 0) is 19.4 Å². The van der Waals surface area contributed by atoms with Gasteiger partial charge in [0, 0.05) is 25.7 Å². The molecule has 13 heavy (non-hydrogen) atoms. The maximum atomic E-state index is 11.5. The fraction of sp³-hybridized carbons (Fsp3) is 0.889. The lowest BCUT2D eigenvalue weighted by Gasteiger charge is -2.37. The van der Waals surface area contributed by atoms with Crippen molar-refractivity contribution in [1.82, 2.24) is 15.5 Å². The highest BCUT2D eigenvalue weighted by atomic mass is 16.2. The summed E-state index contributed by atoms with van der Waals surface area (Å²) in [7, 11) is 0. The van der Waals surface area contributed by atoms with Crippen LogP contribution < -0.4 is 10.6 Å². The highest BCUT2D eigenvalue weighted by Gasteiger charge is 2.26. The Balaban J connectivity index is 1.92. The standard InChI is InChI=1S/C9H17N3O/c13-9-7-11-4-5-12(9)8-2-1-3-10-6-8/h8,10-11H,1-7H2. The van der Waals surface area contributed by atoms with Gasteiger partial charge in [0.25, 0.3) is 0 Å². The Hall–Kier alpha value is -0.610. The van der Waals surface area contributed by atoms with Gasteiger partial charge in [0.1, 0.15) is 0 Å². The lowest BCUT2D eigenvalue weighted by molar-refractivity contribution is -0.134. The summed E-state index contributed by atoms with van der Waals surface area (Å²) in [6, 6.07) is 0.448. The number of nitrogens with one attached hydrogen (secondary N) is 2. The molecule has 2 saturated heterocycles. The lowest BCUT2D eigenvalue weighted by atomic mass is 10.1. The number of nitrogens with zero attached hydrogens (tertiary/aromatic N) is 1. The zero-order valence-electron chi connectivity index (χ0n) is 7.88. The zero-order chi connectivity index (χ0) is 9.10. The second-order valence-corrected chi connectivity index (χ2v) is 3.76. The summed E-state index contributed by atoms with van der Waals surface area (Å²) in [4.78, 5) is 13.6. The van der Waals surface area contributed by atoms with Gasteiger partial charge >= 0.3 is 0 Å². The fourth-order valence-corrected chi connectivity index (χ4v) is 2.11. The Kier molecular flexibility index (Phi) is 2.80. The van der Waals surface area contributed by atoms with Gasteiger partial charge < -0.3 is 15.5 Å². The minimum absolute atomic E-state index is 0.264. The maximum Gasteiger partial charge on any atom is 0.236 e. The van der Waals surface area contributed by atoms with E-state index in [2.05, 4.69) is 10.6 Å². The van der Waals surface area contributed by atoms with E-state index >= 15 is 0 Å². The predicted molar refractivity (Wildman–Crippen MR) is 50.5 cm³/mol. The predicted octanol–water partition coefficient (Wildman–Crippen LogP) is -0.830. The summed E-state index contributed by atoms with van der Waals surface area (Å²) in [6.45, 7) is 4.44. The first kappa shape index (κ1) is 8.97. The van der Waals surface area contributed by atoms with Gasteiger partial charge in [-0.1, -0.05) is 0 Å². The normalized spacial score (nSPS) is 30.6. The second kappa shape index (κ2) is 4.07. The quantitative estimate of drug-likeness (QED) is 0.558. The average molecular weight is 183 g/mol. The molecule has 0 bridgehead atoms. The summed E-state index contributed by atoms with van der Waals surface area (Å²) >= 11 is 0. The molecule has 2 rings (SSSR count). The number of hydrogen-bond acceptors (Lipinski definition) is 3. The molecule has 0 saturated carbocycles. The van der Waals surface area contributed by atoms with Gasteiger partial charge in [0.05, 0.1) is 6.54 Å². The van der Waals surface area contributed by atoms with Crippen LogP contribution in [0.1, 0.15) is 12.8 Å². The molecule has 2 aliphatic rings. The van der Waals surface area contributed by atoms with Gasteiger partial charge in [0.2, 0.25) is 5.91 Å². The molecule has 2 N–H and O–H groups in total. The molecule has 0 aliphatic carbocycles. The van der Waals surface area contributed by atoms with Crippen LogP contribution in [0.25, 0.3) is 0 Å². The van der Waals surface area contributed by atoms with Crippen LogP contribution in [-0.2, 0) is 4.79 Å². The third kappa shape index (κ3) is 2.00. The summed E-state index contributed by atoms with van der Waals surface area (Å²) in [5, 5.41) is 6.43. The van der Waals surface area contributed by atoms with Crippen molar-refractivity contribution in [2.45, 2.75) is 18.9 Å². The van der Waals surface area contributed by atoms with Gasteiger partial charge in [-0.15, -0.1) is 0 Å². The van der Waals surface area contributed by atoms with Crippen LogP contribution >= 0.6 is 0 Å². The van der Waals surface area contributed by atoms with Crippen LogP contribution in [0.4, 0.5) is 0 Å².